The van der Waals surface area contributed by atoms with E-state index in [1.165, 1.54) is 12.1 Å². The predicted octanol–water partition coefficient (Wildman–Crippen LogP) is -2.28. The SMILES string of the molecule is Oc1ccccc1O.[B-].[Na+]. The minimum atomic E-state index is -0.0764. The fourth-order valence-electron chi connectivity index (χ4n) is 0.464. The number of hydrogen-bond donors (Lipinski definition) is 2. The fraction of sp³-hybridized carbons (Fsp3) is 0. The van der Waals surface area contributed by atoms with Gasteiger partial charge >= 0.3 is 29.6 Å². The molecule has 0 atom stereocenters. The van der Waals surface area contributed by atoms with Gasteiger partial charge in [0.1, 0.15) is 0 Å². The molecule has 0 saturated carbocycles. The van der Waals surface area contributed by atoms with E-state index in [0.717, 1.165) is 0 Å². The summed E-state index contributed by atoms with van der Waals surface area (Å²) in [5, 5.41) is 17.3. The first-order chi connectivity index (χ1) is 3.80. The van der Waals surface area contributed by atoms with Crippen molar-refractivity contribution >= 4 is 8.41 Å². The van der Waals surface area contributed by atoms with E-state index in [1.54, 1.807) is 12.1 Å². The summed E-state index contributed by atoms with van der Waals surface area (Å²) in [6.45, 7) is 0. The molecule has 0 aliphatic carbocycles. The van der Waals surface area contributed by atoms with Crippen LogP contribution in [0.5, 0.6) is 11.5 Å². The second kappa shape index (κ2) is 5.65. The van der Waals surface area contributed by atoms with Crippen LogP contribution in [0.25, 0.3) is 0 Å². The van der Waals surface area contributed by atoms with E-state index in [0.29, 0.717) is 0 Å². The van der Waals surface area contributed by atoms with Crippen molar-refractivity contribution in [2.45, 2.75) is 0 Å². The Bertz CT molecular complexity index is 172. The number of rotatable bonds is 0. The normalized spacial score (nSPS) is 7.20. The second-order valence-corrected chi connectivity index (χ2v) is 1.49. The molecule has 0 fully saturated rings. The van der Waals surface area contributed by atoms with Crippen molar-refractivity contribution in [1.29, 1.82) is 0 Å². The summed E-state index contributed by atoms with van der Waals surface area (Å²) in [6.07, 6.45) is 0. The second-order valence-electron chi connectivity index (χ2n) is 1.49. The number of aromatic hydroxyl groups is 2. The smallest absolute Gasteiger partial charge is 1.00 e. The van der Waals surface area contributed by atoms with Gasteiger partial charge in [-0.3, -0.25) is 0 Å². The topological polar surface area (TPSA) is 40.5 Å². The Labute approximate surface area is 83.8 Å². The monoisotopic (exact) mass is 144 g/mol. The van der Waals surface area contributed by atoms with Crippen molar-refractivity contribution in [3.05, 3.63) is 24.3 Å². The van der Waals surface area contributed by atoms with Gasteiger partial charge < -0.3 is 18.6 Å². The maximum atomic E-state index is 8.67. The zero-order valence-corrected chi connectivity index (χ0v) is 7.78. The van der Waals surface area contributed by atoms with Crippen LogP contribution in [0.4, 0.5) is 0 Å². The molecule has 1 rings (SSSR count). The standard InChI is InChI=1S/C6H6O2.B.Na/c7-5-3-1-2-4-6(5)8;;/h1-4,7-8H;;/q;-1;+1. The average Bonchev–Trinajstić information content (AvgIpc) is 1.77. The van der Waals surface area contributed by atoms with E-state index in [-0.39, 0.29) is 49.5 Å². The molecule has 0 amide bonds. The van der Waals surface area contributed by atoms with E-state index in [4.69, 9.17) is 10.2 Å². The van der Waals surface area contributed by atoms with E-state index in [1.807, 2.05) is 0 Å². The van der Waals surface area contributed by atoms with Crippen LogP contribution in [0.3, 0.4) is 0 Å². The Balaban J connectivity index is 0. The fourth-order valence-corrected chi connectivity index (χ4v) is 0.464. The average molecular weight is 144 g/mol. The molecule has 0 heterocycles. The maximum absolute atomic E-state index is 8.67. The summed E-state index contributed by atoms with van der Waals surface area (Å²) in [6, 6.07) is 6.15. The molecule has 0 aliphatic heterocycles. The van der Waals surface area contributed by atoms with Crippen LogP contribution in [0, 0.1) is 0 Å². The summed E-state index contributed by atoms with van der Waals surface area (Å²) in [4.78, 5) is 0. The van der Waals surface area contributed by atoms with Crippen LogP contribution >= 0.6 is 0 Å². The van der Waals surface area contributed by atoms with Crippen LogP contribution in [-0.2, 0) is 0 Å². The van der Waals surface area contributed by atoms with E-state index < -0.39 is 0 Å². The van der Waals surface area contributed by atoms with Gasteiger partial charge in [0.25, 0.3) is 0 Å². The summed E-state index contributed by atoms with van der Waals surface area (Å²) in [5.74, 6) is -0.153. The third kappa shape index (κ3) is 3.15. The molecule has 0 saturated heterocycles. The van der Waals surface area contributed by atoms with Gasteiger partial charge in [0.05, 0.1) is 0 Å². The minimum Gasteiger partial charge on any atom is -1.00 e. The molecule has 4 heteroatoms. The molecule has 4 radical (unpaired) electrons. The molecule has 1 aromatic rings. The molecule has 10 heavy (non-hydrogen) atoms. The molecular weight excluding hydrogens is 138 g/mol. The molecule has 1 aromatic carbocycles. The van der Waals surface area contributed by atoms with E-state index in [9.17, 15) is 0 Å². The van der Waals surface area contributed by atoms with Gasteiger partial charge in [-0.1, -0.05) is 12.1 Å². The van der Waals surface area contributed by atoms with Gasteiger partial charge in [-0.15, -0.1) is 0 Å². The zero-order chi connectivity index (χ0) is 5.98. The molecule has 0 bridgehead atoms. The largest absolute Gasteiger partial charge is 1.00 e. The molecule has 2 nitrogen and oxygen atoms in total. The Morgan fingerprint density at radius 1 is 0.900 bits per heavy atom. The number of phenolic OH excluding ortho intramolecular Hbond substituents is 2. The quantitative estimate of drug-likeness (QED) is 0.318. The van der Waals surface area contributed by atoms with Crippen molar-refractivity contribution in [2.75, 3.05) is 0 Å². The first-order valence-electron chi connectivity index (χ1n) is 2.27. The minimum absolute atomic E-state index is 0. The molecule has 0 aromatic heterocycles. The van der Waals surface area contributed by atoms with Gasteiger partial charge in [-0.2, -0.15) is 0 Å². The summed E-state index contributed by atoms with van der Waals surface area (Å²) in [5.41, 5.74) is 0. The van der Waals surface area contributed by atoms with Crippen molar-refractivity contribution in [2.24, 2.45) is 0 Å². The van der Waals surface area contributed by atoms with E-state index in [2.05, 4.69) is 0 Å². The Morgan fingerprint density at radius 2 is 1.20 bits per heavy atom. The van der Waals surface area contributed by atoms with Gasteiger partial charge in [-0.25, -0.2) is 0 Å². The molecule has 0 aliphatic rings. The van der Waals surface area contributed by atoms with Gasteiger partial charge in [0.15, 0.2) is 11.5 Å². The Morgan fingerprint density at radius 3 is 1.40 bits per heavy atom. The molecule has 0 unspecified atom stereocenters. The molecule has 46 valence electrons. The first-order valence-corrected chi connectivity index (χ1v) is 2.27. The Hall–Kier alpha value is -0.115. The number of para-hydroxylation sites is 2. The van der Waals surface area contributed by atoms with Crippen molar-refractivity contribution in [3.8, 4) is 11.5 Å². The predicted molar refractivity (Wildman–Crippen MR) is 35.5 cm³/mol. The van der Waals surface area contributed by atoms with Crippen LogP contribution in [0.15, 0.2) is 24.3 Å². The molecular formula is C6H6BNaO2. The van der Waals surface area contributed by atoms with Gasteiger partial charge in [-0.05, 0) is 12.1 Å². The first kappa shape index (κ1) is 12.6. The number of phenols is 2. The summed E-state index contributed by atoms with van der Waals surface area (Å²) in [7, 11) is 0. The number of benzene rings is 1. The molecule has 2 N–H and O–H groups in total. The van der Waals surface area contributed by atoms with Crippen molar-refractivity contribution in [1.82, 2.24) is 0 Å². The zero-order valence-electron chi connectivity index (χ0n) is 5.78. The van der Waals surface area contributed by atoms with Crippen LogP contribution < -0.4 is 29.6 Å². The third-order valence-electron chi connectivity index (χ3n) is 0.882. The van der Waals surface area contributed by atoms with E-state index >= 15 is 0 Å². The summed E-state index contributed by atoms with van der Waals surface area (Å²) >= 11 is 0. The number of hydrogen-bond acceptors (Lipinski definition) is 2. The third-order valence-corrected chi connectivity index (χ3v) is 0.882. The van der Waals surface area contributed by atoms with Crippen molar-refractivity contribution in [3.63, 3.8) is 0 Å². The van der Waals surface area contributed by atoms with Crippen LogP contribution in [-0.4, -0.2) is 18.6 Å². The Kier molecular flexibility index (Phi) is 7.10. The van der Waals surface area contributed by atoms with Crippen LogP contribution in [0.2, 0.25) is 0 Å². The van der Waals surface area contributed by atoms with Crippen molar-refractivity contribution < 1.29 is 39.8 Å². The van der Waals surface area contributed by atoms with Gasteiger partial charge in [0, 0.05) is 0 Å². The summed E-state index contributed by atoms with van der Waals surface area (Å²) < 4.78 is 0. The van der Waals surface area contributed by atoms with Crippen LogP contribution in [0.1, 0.15) is 0 Å². The van der Waals surface area contributed by atoms with Gasteiger partial charge in [0.2, 0.25) is 0 Å². The molecule has 0 spiro atoms. The maximum Gasteiger partial charge on any atom is 1.00 e.